The maximum Gasteiger partial charge on any atom is 0.0454 e. The molecular formula is C16H16Cl2N2. The minimum absolute atomic E-state index is 0.721. The quantitative estimate of drug-likeness (QED) is 0.415. The molecule has 0 saturated heterocycles. The average Bonchev–Trinajstić information content (AvgIpc) is 2.92. The van der Waals surface area contributed by atoms with Gasteiger partial charge in [-0.15, -0.1) is 13.2 Å². The van der Waals surface area contributed by atoms with Gasteiger partial charge in [-0.2, -0.15) is 0 Å². The number of rotatable bonds is 0. The lowest BCUT2D eigenvalue weighted by Gasteiger charge is -1.88. The standard InChI is InChI=1S/C8H6ClN.C6H6ClN.C2H4/c9-7-1-2-8-6(5-7)3-4-10-8;7-5-1-3-6(8)4-2-5;1-2/h1-5,10H;1-4H,8H2;1-2H2. The van der Waals surface area contributed by atoms with Crippen LogP contribution < -0.4 is 5.73 Å². The van der Waals surface area contributed by atoms with Crippen molar-refractivity contribution >= 4 is 39.8 Å². The van der Waals surface area contributed by atoms with Crippen molar-refractivity contribution in [2.24, 2.45) is 0 Å². The van der Waals surface area contributed by atoms with Crippen LogP contribution >= 0.6 is 23.2 Å². The Bertz CT molecular complexity index is 624. The van der Waals surface area contributed by atoms with Gasteiger partial charge in [0.15, 0.2) is 0 Å². The highest BCUT2D eigenvalue weighted by Crippen LogP contribution is 2.17. The van der Waals surface area contributed by atoms with Crippen molar-refractivity contribution < 1.29 is 0 Å². The molecule has 0 amide bonds. The van der Waals surface area contributed by atoms with Crippen molar-refractivity contribution in [2.45, 2.75) is 0 Å². The van der Waals surface area contributed by atoms with Gasteiger partial charge in [-0.1, -0.05) is 23.2 Å². The van der Waals surface area contributed by atoms with E-state index in [4.69, 9.17) is 28.9 Å². The van der Waals surface area contributed by atoms with Gasteiger partial charge in [-0.05, 0) is 48.5 Å². The second-order valence-corrected chi connectivity index (χ2v) is 4.63. The zero-order chi connectivity index (χ0) is 15.0. The molecule has 2 aromatic carbocycles. The molecule has 0 spiro atoms. The Hall–Kier alpha value is -1.90. The molecular weight excluding hydrogens is 291 g/mol. The molecule has 0 aliphatic heterocycles. The number of aromatic amines is 1. The number of H-pyrrole nitrogens is 1. The predicted octanol–water partition coefficient (Wildman–Crippen LogP) is 5.55. The van der Waals surface area contributed by atoms with Crippen LogP contribution in [0.5, 0.6) is 0 Å². The normalized spacial score (nSPS) is 9.10. The van der Waals surface area contributed by atoms with E-state index in [2.05, 4.69) is 18.1 Å². The van der Waals surface area contributed by atoms with Crippen molar-refractivity contribution in [1.29, 1.82) is 0 Å². The van der Waals surface area contributed by atoms with E-state index in [0.29, 0.717) is 0 Å². The Morgan fingerprint density at radius 3 is 2.05 bits per heavy atom. The summed E-state index contributed by atoms with van der Waals surface area (Å²) in [6.07, 6.45) is 1.90. The lowest BCUT2D eigenvalue weighted by molar-refractivity contribution is 1.48. The molecule has 3 N–H and O–H groups in total. The zero-order valence-corrected chi connectivity index (χ0v) is 12.5. The van der Waals surface area contributed by atoms with Gasteiger partial charge in [0.05, 0.1) is 0 Å². The lowest BCUT2D eigenvalue weighted by atomic mass is 10.2. The summed E-state index contributed by atoms with van der Waals surface area (Å²) in [5.74, 6) is 0. The number of benzene rings is 2. The third-order valence-electron chi connectivity index (χ3n) is 2.39. The molecule has 0 saturated carbocycles. The predicted molar refractivity (Wildman–Crippen MR) is 90.4 cm³/mol. The van der Waals surface area contributed by atoms with Gasteiger partial charge < -0.3 is 10.7 Å². The van der Waals surface area contributed by atoms with Gasteiger partial charge in [0.1, 0.15) is 0 Å². The zero-order valence-electron chi connectivity index (χ0n) is 10.9. The van der Waals surface area contributed by atoms with E-state index in [-0.39, 0.29) is 0 Å². The number of aromatic nitrogens is 1. The van der Waals surface area contributed by atoms with Gasteiger partial charge in [-0.25, -0.2) is 0 Å². The highest BCUT2D eigenvalue weighted by atomic mass is 35.5. The molecule has 104 valence electrons. The van der Waals surface area contributed by atoms with Crippen LogP contribution in [0.4, 0.5) is 5.69 Å². The number of anilines is 1. The maximum absolute atomic E-state index is 5.76. The van der Waals surface area contributed by atoms with Crippen molar-refractivity contribution in [3.63, 3.8) is 0 Å². The molecule has 1 aromatic heterocycles. The number of halogens is 2. The van der Waals surface area contributed by atoms with Crippen molar-refractivity contribution in [2.75, 3.05) is 5.73 Å². The number of hydrogen-bond acceptors (Lipinski definition) is 1. The number of nitrogens with one attached hydrogen (secondary N) is 1. The molecule has 3 rings (SSSR count). The van der Waals surface area contributed by atoms with Gasteiger partial charge in [0, 0.05) is 32.8 Å². The van der Waals surface area contributed by atoms with Crippen LogP contribution in [0.1, 0.15) is 0 Å². The first-order chi connectivity index (χ1) is 9.65. The minimum atomic E-state index is 0.721. The van der Waals surface area contributed by atoms with Gasteiger partial charge in [0.25, 0.3) is 0 Å². The third-order valence-corrected chi connectivity index (χ3v) is 2.87. The van der Waals surface area contributed by atoms with Crippen LogP contribution in [-0.2, 0) is 0 Å². The summed E-state index contributed by atoms with van der Waals surface area (Å²) >= 11 is 11.3. The SMILES string of the molecule is C=C.Clc1ccc2[nH]ccc2c1.Nc1ccc(Cl)cc1. The Kier molecular flexibility index (Phi) is 6.71. The van der Waals surface area contributed by atoms with Crippen LogP contribution in [0.3, 0.4) is 0 Å². The fraction of sp³-hybridized carbons (Fsp3) is 0. The van der Waals surface area contributed by atoms with Crippen LogP contribution in [0.25, 0.3) is 10.9 Å². The summed E-state index contributed by atoms with van der Waals surface area (Å²) in [5.41, 5.74) is 7.24. The van der Waals surface area contributed by atoms with Crippen molar-refractivity contribution in [3.8, 4) is 0 Å². The van der Waals surface area contributed by atoms with E-state index in [0.717, 1.165) is 26.6 Å². The largest absolute Gasteiger partial charge is 0.399 e. The van der Waals surface area contributed by atoms with Gasteiger partial charge >= 0.3 is 0 Å². The van der Waals surface area contributed by atoms with Gasteiger partial charge in [0.2, 0.25) is 0 Å². The number of hydrogen-bond donors (Lipinski definition) is 2. The number of fused-ring (bicyclic) bond motifs is 1. The number of nitrogens with two attached hydrogens (primary N) is 1. The van der Waals surface area contributed by atoms with Crippen LogP contribution in [0.2, 0.25) is 10.0 Å². The number of nitrogen functional groups attached to an aromatic ring is 1. The maximum atomic E-state index is 5.76. The first-order valence-corrected chi connectivity index (χ1v) is 6.64. The summed E-state index contributed by atoms with van der Waals surface area (Å²) in [6.45, 7) is 6.00. The molecule has 0 aliphatic carbocycles. The molecule has 0 fully saturated rings. The average molecular weight is 307 g/mol. The molecule has 20 heavy (non-hydrogen) atoms. The first kappa shape index (κ1) is 16.2. The second-order valence-electron chi connectivity index (χ2n) is 3.76. The highest BCUT2D eigenvalue weighted by Gasteiger charge is 1.92. The molecule has 4 heteroatoms. The Balaban J connectivity index is 0.000000182. The molecule has 3 aromatic rings. The molecule has 0 unspecified atom stereocenters. The second kappa shape index (κ2) is 8.31. The van der Waals surface area contributed by atoms with Crippen molar-refractivity contribution in [3.05, 3.63) is 77.9 Å². The molecule has 0 atom stereocenters. The Morgan fingerprint density at radius 2 is 1.45 bits per heavy atom. The molecule has 1 heterocycles. The lowest BCUT2D eigenvalue weighted by Crippen LogP contribution is -1.80. The van der Waals surface area contributed by atoms with E-state index < -0.39 is 0 Å². The first-order valence-electron chi connectivity index (χ1n) is 5.89. The minimum Gasteiger partial charge on any atom is -0.399 e. The van der Waals surface area contributed by atoms with Crippen LogP contribution in [0.15, 0.2) is 67.9 Å². The Morgan fingerprint density at radius 1 is 0.850 bits per heavy atom. The smallest absolute Gasteiger partial charge is 0.0454 e. The summed E-state index contributed by atoms with van der Waals surface area (Å²) in [6, 6.07) is 14.8. The van der Waals surface area contributed by atoms with E-state index in [1.165, 1.54) is 0 Å². The molecule has 0 radical (unpaired) electrons. The summed E-state index contributed by atoms with van der Waals surface area (Å²) < 4.78 is 0. The highest BCUT2D eigenvalue weighted by molar-refractivity contribution is 6.31. The molecule has 2 nitrogen and oxygen atoms in total. The topological polar surface area (TPSA) is 41.8 Å². The molecule has 0 aliphatic rings. The summed E-state index contributed by atoms with van der Waals surface area (Å²) in [4.78, 5) is 3.09. The summed E-state index contributed by atoms with van der Waals surface area (Å²) in [7, 11) is 0. The third kappa shape index (κ3) is 5.00. The van der Waals surface area contributed by atoms with E-state index >= 15 is 0 Å². The monoisotopic (exact) mass is 306 g/mol. The summed E-state index contributed by atoms with van der Waals surface area (Å²) in [5, 5.41) is 2.67. The fourth-order valence-corrected chi connectivity index (χ4v) is 1.79. The molecule has 0 bridgehead atoms. The van der Waals surface area contributed by atoms with Crippen LogP contribution in [-0.4, -0.2) is 4.98 Å². The van der Waals surface area contributed by atoms with E-state index in [1.54, 1.807) is 24.3 Å². The van der Waals surface area contributed by atoms with E-state index in [1.807, 2.05) is 30.5 Å². The van der Waals surface area contributed by atoms with E-state index in [9.17, 15) is 0 Å². The Labute approximate surface area is 128 Å². The fourth-order valence-electron chi connectivity index (χ4n) is 1.49. The van der Waals surface area contributed by atoms with Gasteiger partial charge in [-0.3, -0.25) is 0 Å². The van der Waals surface area contributed by atoms with Crippen molar-refractivity contribution in [1.82, 2.24) is 4.98 Å². The van der Waals surface area contributed by atoms with Crippen LogP contribution in [0, 0.1) is 0 Å².